The molecule has 3 rings (SSSR count). The van der Waals surface area contributed by atoms with Crippen molar-refractivity contribution in [3.05, 3.63) is 40.8 Å². The Balaban J connectivity index is 1.88. The molecule has 0 fully saturated rings. The largest absolute Gasteiger partial charge is 0.455 e. The predicted octanol–water partition coefficient (Wildman–Crippen LogP) is 1.29. The third kappa shape index (κ3) is 1.92. The van der Waals surface area contributed by atoms with Crippen molar-refractivity contribution in [3.63, 3.8) is 0 Å². The van der Waals surface area contributed by atoms with Crippen LogP contribution in [0.15, 0.2) is 35.3 Å². The molecule has 6 nitrogen and oxygen atoms in total. The van der Waals surface area contributed by atoms with E-state index in [0.29, 0.717) is 23.0 Å². The van der Waals surface area contributed by atoms with E-state index in [-0.39, 0.29) is 12.4 Å². The Morgan fingerprint density at radius 2 is 2.06 bits per heavy atom. The summed E-state index contributed by atoms with van der Waals surface area (Å²) in [6.45, 7) is 0.214. The van der Waals surface area contributed by atoms with Gasteiger partial charge in [0.1, 0.15) is 5.75 Å². The molecule has 0 saturated heterocycles. The summed E-state index contributed by atoms with van der Waals surface area (Å²) >= 11 is 0. The molecule has 2 heterocycles. The van der Waals surface area contributed by atoms with Gasteiger partial charge in [0.05, 0.1) is 6.20 Å². The minimum Gasteiger partial charge on any atom is -0.455 e. The zero-order valence-electron chi connectivity index (χ0n) is 8.67. The summed E-state index contributed by atoms with van der Waals surface area (Å²) in [5.74, 6) is 2.23. The number of rotatable bonds is 2. The zero-order chi connectivity index (χ0) is 11.7. The van der Waals surface area contributed by atoms with E-state index in [4.69, 9.17) is 14.2 Å². The van der Waals surface area contributed by atoms with Gasteiger partial charge in [-0.3, -0.25) is 4.79 Å². The summed E-state index contributed by atoms with van der Waals surface area (Å²) in [7, 11) is 0. The molecule has 1 aliphatic rings. The van der Waals surface area contributed by atoms with Crippen LogP contribution in [0.2, 0.25) is 0 Å². The Morgan fingerprint density at radius 3 is 2.94 bits per heavy atom. The number of H-pyrrole nitrogens is 1. The molecule has 6 heteroatoms. The molecule has 86 valence electrons. The molecule has 0 bridgehead atoms. The highest BCUT2D eigenvalue weighted by Gasteiger charge is 2.13. The molecule has 0 radical (unpaired) electrons. The molecule has 0 spiro atoms. The first kappa shape index (κ1) is 9.71. The lowest BCUT2D eigenvalue weighted by Crippen LogP contribution is -2.05. The normalized spacial score (nSPS) is 12.5. The van der Waals surface area contributed by atoms with Crippen molar-refractivity contribution >= 4 is 0 Å². The van der Waals surface area contributed by atoms with Crippen LogP contribution in [0.25, 0.3) is 0 Å². The summed E-state index contributed by atoms with van der Waals surface area (Å²) in [5, 5.41) is 5.90. The fourth-order valence-corrected chi connectivity index (χ4v) is 1.49. The van der Waals surface area contributed by atoms with Gasteiger partial charge < -0.3 is 14.2 Å². The standard InChI is InChI=1S/C11H8N2O4/c14-11-4-8(5-12-13-11)17-7-1-2-9-10(3-7)16-6-15-9/h1-5H,6H2,(H,13,14). The Hall–Kier alpha value is -2.50. The summed E-state index contributed by atoms with van der Waals surface area (Å²) < 4.78 is 15.9. The van der Waals surface area contributed by atoms with Crippen LogP contribution in [0.1, 0.15) is 0 Å². The van der Waals surface area contributed by atoms with Gasteiger partial charge in [-0.25, -0.2) is 5.10 Å². The van der Waals surface area contributed by atoms with Crippen LogP contribution in [0.4, 0.5) is 0 Å². The van der Waals surface area contributed by atoms with E-state index >= 15 is 0 Å². The summed E-state index contributed by atoms with van der Waals surface area (Å²) in [6.07, 6.45) is 1.42. The Kier molecular flexibility index (Phi) is 2.18. The molecule has 1 N–H and O–H groups in total. The topological polar surface area (TPSA) is 73.4 Å². The van der Waals surface area contributed by atoms with Gasteiger partial charge in [-0.05, 0) is 12.1 Å². The quantitative estimate of drug-likeness (QED) is 0.844. The lowest BCUT2D eigenvalue weighted by Gasteiger charge is -2.04. The number of nitrogens with one attached hydrogen (secondary N) is 1. The Labute approximate surface area is 95.8 Å². The van der Waals surface area contributed by atoms with Crippen LogP contribution in [0.3, 0.4) is 0 Å². The van der Waals surface area contributed by atoms with Gasteiger partial charge in [0.2, 0.25) is 6.79 Å². The molecular formula is C11H8N2O4. The lowest BCUT2D eigenvalue weighted by atomic mass is 10.3. The van der Waals surface area contributed by atoms with E-state index in [0.717, 1.165) is 0 Å². The summed E-state index contributed by atoms with van der Waals surface area (Å²) in [6, 6.07) is 6.49. The van der Waals surface area contributed by atoms with E-state index < -0.39 is 0 Å². The van der Waals surface area contributed by atoms with Gasteiger partial charge in [-0.15, -0.1) is 0 Å². The Morgan fingerprint density at radius 1 is 1.18 bits per heavy atom. The second kappa shape index (κ2) is 3.82. The highest BCUT2D eigenvalue weighted by molar-refractivity contribution is 5.47. The maximum atomic E-state index is 11.0. The molecule has 0 atom stereocenters. The van der Waals surface area contributed by atoms with Crippen LogP contribution >= 0.6 is 0 Å². The van der Waals surface area contributed by atoms with E-state index in [1.54, 1.807) is 18.2 Å². The average molecular weight is 232 g/mol. The number of aromatic amines is 1. The molecule has 1 aromatic heterocycles. The number of fused-ring (bicyclic) bond motifs is 1. The maximum Gasteiger partial charge on any atom is 0.267 e. The number of nitrogens with zero attached hydrogens (tertiary/aromatic N) is 1. The van der Waals surface area contributed by atoms with Gasteiger partial charge in [-0.1, -0.05) is 0 Å². The zero-order valence-corrected chi connectivity index (χ0v) is 8.67. The maximum absolute atomic E-state index is 11.0. The van der Waals surface area contributed by atoms with E-state index in [1.807, 2.05) is 0 Å². The lowest BCUT2D eigenvalue weighted by molar-refractivity contribution is 0.174. The fourth-order valence-electron chi connectivity index (χ4n) is 1.49. The van der Waals surface area contributed by atoms with Gasteiger partial charge in [-0.2, -0.15) is 5.10 Å². The van der Waals surface area contributed by atoms with Crippen LogP contribution in [0, 0.1) is 0 Å². The van der Waals surface area contributed by atoms with Gasteiger partial charge in [0.15, 0.2) is 17.2 Å². The monoisotopic (exact) mass is 232 g/mol. The highest BCUT2D eigenvalue weighted by atomic mass is 16.7. The van der Waals surface area contributed by atoms with Crippen LogP contribution in [-0.4, -0.2) is 17.0 Å². The van der Waals surface area contributed by atoms with Crippen molar-refractivity contribution < 1.29 is 14.2 Å². The number of ether oxygens (including phenoxy) is 3. The number of hydrogen-bond donors (Lipinski definition) is 1. The first-order valence-electron chi connectivity index (χ1n) is 4.93. The minimum atomic E-state index is -0.316. The van der Waals surface area contributed by atoms with Crippen molar-refractivity contribution in [2.24, 2.45) is 0 Å². The molecule has 17 heavy (non-hydrogen) atoms. The summed E-state index contributed by atoms with van der Waals surface area (Å²) in [5.41, 5.74) is -0.316. The van der Waals surface area contributed by atoms with Crippen molar-refractivity contribution in [1.82, 2.24) is 10.2 Å². The molecule has 0 aliphatic carbocycles. The van der Waals surface area contributed by atoms with Crippen molar-refractivity contribution in [3.8, 4) is 23.0 Å². The molecular weight excluding hydrogens is 224 g/mol. The fraction of sp³-hybridized carbons (Fsp3) is 0.0909. The van der Waals surface area contributed by atoms with Crippen LogP contribution in [0.5, 0.6) is 23.0 Å². The number of benzene rings is 1. The second-order valence-electron chi connectivity index (χ2n) is 3.40. The summed E-state index contributed by atoms with van der Waals surface area (Å²) in [4.78, 5) is 11.0. The number of aromatic nitrogens is 2. The molecule has 1 aromatic carbocycles. The molecule has 0 amide bonds. The minimum absolute atomic E-state index is 0.214. The van der Waals surface area contributed by atoms with Crippen molar-refractivity contribution in [2.75, 3.05) is 6.79 Å². The molecule has 1 aliphatic heterocycles. The molecule has 0 saturated carbocycles. The first-order valence-corrected chi connectivity index (χ1v) is 4.93. The predicted molar refractivity (Wildman–Crippen MR) is 57.5 cm³/mol. The SMILES string of the molecule is O=c1cc(Oc2ccc3c(c2)OCO3)cn[nH]1. The van der Waals surface area contributed by atoms with Gasteiger partial charge in [0, 0.05) is 12.1 Å². The number of hydrogen-bond acceptors (Lipinski definition) is 5. The van der Waals surface area contributed by atoms with E-state index in [9.17, 15) is 4.79 Å². The molecule has 2 aromatic rings. The Bertz CT molecular complexity index is 608. The van der Waals surface area contributed by atoms with E-state index in [2.05, 4.69) is 10.2 Å². The van der Waals surface area contributed by atoms with Crippen LogP contribution in [-0.2, 0) is 0 Å². The van der Waals surface area contributed by atoms with Gasteiger partial charge in [0.25, 0.3) is 5.56 Å². The highest BCUT2D eigenvalue weighted by Crippen LogP contribution is 2.36. The van der Waals surface area contributed by atoms with Crippen molar-refractivity contribution in [1.29, 1.82) is 0 Å². The first-order chi connectivity index (χ1) is 8.31. The van der Waals surface area contributed by atoms with Gasteiger partial charge >= 0.3 is 0 Å². The second-order valence-corrected chi connectivity index (χ2v) is 3.40. The van der Waals surface area contributed by atoms with Crippen LogP contribution < -0.4 is 19.8 Å². The average Bonchev–Trinajstić information content (AvgIpc) is 2.76. The third-order valence-electron chi connectivity index (χ3n) is 2.22. The molecule has 0 unspecified atom stereocenters. The smallest absolute Gasteiger partial charge is 0.267 e. The van der Waals surface area contributed by atoms with Crippen molar-refractivity contribution in [2.45, 2.75) is 0 Å². The van der Waals surface area contributed by atoms with E-state index in [1.165, 1.54) is 12.3 Å². The third-order valence-corrected chi connectivity index (χ3v) is 2.22.